The number of ether oxygens (including phenoxy) is 1. The first kappa shape index (κ1) is 14.7. The van der Waals surface area contributed by atoms with Gasteiger partial charge < -0.3 is 10.5 Å². The van der Waals surface area contributed by atoms with Crippen LogP contribution in [0.3, 0.4) is 0 Å². The van der Waals surface area contributed by atoms with Crippen LogP contribution in [-0.4, -0.2) is 22.4 Å². The predicted molar refractivity (Wildman–Crippen MR) is 70.1 cm³/mol. The Labute approximate surface area is 108 Å². The van der Waals surface area contributed by atoms with Crippen LogP contribution in [-0.2, 0) is 22.0 Å². The molecular formula is C13H23N3O2. The van der Waals surface area contributed by atoms with E-state index in [9.17, 15) is 4.79 Å². The van der Waals surface area contributed by atoms with Crippen molar-refractivity contribution in [3.63, 3.8) is 0 Å². The van der Waals surface area contributed by atoms with Crippen molar-refractivity contribution in [2.45, 2.75) is 45.6 Å². The maximum Gasteiger partial charge on any atom is 0.307 e. The number of aryl methyl sites for hydroxylation is 1. The largest absolute Gasteiger partial charge is 0.466 e. The second-order valence-electron chi connectivity index (χ2n) is 5.47. The van der Waals surface area contributed by atoms with E-state index in [0.717, 1.165) is 11.3 Å². The van der Waals surface area contributed by atoms with Gasteiger partial charge in [-0.15, -0.1) is 0 Å². The second-order valence-corrected chi connectivity index (χ2v) is 5.47. The average Bonchev–Trinajstić information content (AvgIpc) is 2.60. The van der Waals surface area contributed by atoms with Crippen molar-refractivity contribution in [1.82, 2.24) is 9.78 Å². The lowest BCUT2D eigenvalue weighted by Gasteiger charge is -2.20. The van der Waals surface area contributed by atoms with Gasteiger partial charge in [-0.3, -0.25) is 9.48 Å². The molecule has 0 spiro atoms. The van der Waals surface area contributed by atoms with Crippen LogP contribution < -0.4 is 5.73 Å². The SMILES string of the molecule is CCOC(=O)C[C@H](N)c1cn(C)nc1C(C)(C)C. The lowest BCUT2D eigenvalue weighted by atomic mass is 9.87. The summed E-state index contributed by atoms with van der Waals surface area (Å²) < 4.78 is 6.66. The van der Waals surface area contributed by atoms with Gasteiger partial charge in [-0.1, -0.05) is 20.8 Å². The molecular weight excluding hydrogens is 230 g/mol. The van der Waals surface area contributed by atoms with E-state index in [-0.39, 0.29) is 23.8 Å². The van der Waals surface area contributed by atoms with E-state index in [0.29, 0.717) is 6.61 Å². The van der Waals surface area contributed by atoms with E-state index in [1.807, 2.05) is 13.2 Å². The van der Waals surface area contributed by atoms with Crippen LogP contribution >= 0.6 is 0 Å². The molecule has 1 rings (SSSR count). The van der Waals surface area contributed by atoms with Crippen LogP contribution in [0.5, 0.6) is 0 Å². The van der Waals surface area contributed by atoms with E-state index in [1.165, 1.54) is 0 Å². The number of carbonyl (C=O) groups excluding carboxylic acids is 1. The van der Waals surface area contributed by atoms with Crippen molar-refractivity contribution in [1.29, 1.82) is 0 Å². The fourth-order valence-corrected chi connectivity index (χ4v) is 1.87. The molecule has 0 fully saturated rings. The summed E-state index contributed by atoms with van der Waals surface area (Å²) >= 11 is 0. The van der Waals surface area contributed by atoms with Crippen molar-refractivity contribution in [2.24, 2.45) is 12.8 Å². The molecule has 2 N–H and O–H groups in total. The van der Waals surface area contributed by atoms with Crippen molar-refractivity contribution >= 4 is 5.97 Å². The van der Waals surface area contributed by atoms with Gasteiger partial charge in [-0.25, -0.2) is 0 Å². The Hall–Kier alpha value is -1.36. The summed E-state index contributed by atoms with van der Waals surface area (Å²) in [5.74, 6) is -0.270. The van der Waals surface area contributed by atoms with E-state index in [4.69, 9.17) is 10.5 Å². The number of hydrogen-bond donors (Lipinski definition) is 1. The molecule has 0 amide bonds. The van der Waals surface area contributed by atoms with Crippen molar-refractivity contribution < 1.29 is 9.53 Å². The zero-order valence-electron chi connectivity index (χ0n) is 11.9. The van der Waals surface area contributed by atoms with Gasteiger partial charge in [0, 0.05) is 30.3 Å². The van der Waals surface area contributed by atoms with Crippen LogP contribution in [0, 0.1) is 0 Å². The highest BCUT2D eigenvalue weighted by Crippen LogP contribution is 2.28. The van der Waals surface area contributed by atoms with Gasteiger partial charge in [0.1, 0.15) is 0 Å². The van der Waals surface area contributed by atoms with E-state index < -0.39 is 0 Å². The maximum absolute atomic E-state index is 11.5. The van der Waals surface area contributed by atoms with Crippen molar-refractivity contribution in [3.8, 4) is 0 Å². The number of hydrogen-bond acceptors (Lipinski definition) is 4. The monoisotopic (exact) mass is 253 g/mol. The lowest BCUT2D eigenvalue weighted by Crippen LogP contribution is -2.22. The van der Waals surface area contributed by atoms with Crippen LogP contribution in [0.25, 0.3) is 0 Å². The van der Waals surface area contributed by atoms with Crippen LogP contribution in [0.2, 0.25) is 0 Å². The molecule has 0 bridgehead atoms. The number of rotatable bonds is 4. The molecule has 1 aromatic heterocycles. The summed E-state index contributed by atoms with van der Waals surface area (Å²) in [5.41, 5.74) is 7.84. The molecule has 0 aliphatic carbocycles. The molecule has 0 aliphatic heterocycles. The van der Waals surface area contributed by atoms with Gasteiger partial charge in [0.05, 0.1) is 18.7 Å². The summed E-state index contributed by atoms with van der Waals surface area (Å²) in [7, 11) is 1.86. The number of nitrogens with zero attached hydrogens (tertiary/aromatic N) is 2. The minimum Gasteiger partial charge on any atom is -0.466 e. The molecule has 0 aliphatic rings. The third kappa shape index (κ3) is 3.57. The summed E-state index contributed by atoms with van der Waals surface area (Å²) in [6, 6.07) is -0.369. The summed E-state index contributed by atoms with van der Waals surface area (Å²) in [6.45, 7) is 8.40. The quantitative estimate of drug-likeness (QED) is 0.829. The van der Waals surface area contributed by atoms with Gasteiger partial charge >= 0.3 is 5.97 Å². The molecule has 0 aromatic carbocycles. The normalized spacial score (nSPS) is 13.4. The molecule has 1 heterocycles. The first-order valence-corrected chi connectivity index (χ1v) is 6.21. The van der Waals surface area contributed by atoms with E-state index in [2.05, 4.69) is 25.9 Å². The molecule has 0 saturated carbocycles. The Morgan fingerprint density at radius 3 is 2.67 bits per heavy atom. The molecule has 18 heavy (non-hydrogen) atoms. The summed E-state index contributed by atoms with van der Waals surface area (Å²) in [5, 5.41) is 4.44. The number of nitrogens with two attached hydrogens (primary N) is 1. The first-order chi connectivity index (χ1) is 8.25. The zero-order chi connectivity index (χ0) is 13.9. The fourth-order valence-electron chi connectivity index (χ4n) is 1.87. The van der Waals surface area contributed by atoms with E-state index >= 15 is 0 Å². The first-order valence-electron chi connectivity index (χ1n) is 6.21. The Balaban J connectivity index is 2.92. The van der Waals surface area contributed by atoms with E-state index in [1.54, 1.807) is 11.6 Å². The second kappa shape index (κ2) is 5.52. The molecule has 1 aromatic rings. The Morgan fingerprint density at radius 2 is 2.17 bits per heavy atom. The molecule has 5 nitrogen and oxygen atoms in total. The maximum atomic E-state index is 11.5. The minimum atomic E-state index is -0.369. The van der Waals surface area contributed by atoms with Crippen LogP contribution in [0.4, 0.5) is 0 Å². The third-order valence-corrected chi connectivity index (χ3v) is 2.66. The smallest absolute Gasteiger partial charge is 0.307 e. The Kier molecular flexibility index (Phi) is 4.51. The Morgan fingerprint density at radius 1 is 1.56 bits per heavy atom. The predicted octanol–water partition coefficient (Wildman–Crippen LogP) is 1.67. The third-order valence-electron chi connectivity index (χ3n) is 2.66. The van der Waals surface area contributed by atoms with Gasteiger partial charge in [0.25, 0.3) is 0 Å². The fraction of sp³-hybridized carbons (Fsp3) is 0.692. The van der Waals surface area contributed by atoms with Gasteiger partial charge in [0.2, 0.25) is 0 Å². The molecule has 0 radical (unpaired) electrons. The van der Waals surface area contributed by atoms with Crippen molar-refractivity contribution in [2.75, 3.05) is 6.61 Å². The highest BCUT2D eigenvalue weighted by atomic mass is 16.5. The number of carbonyl (C=O) groups is 1. The standard InChI is InChI=1S/C13H23N3O2/c1-6-18-11(17)7-10(14)9-8-16(5)15-12(9)13(2,3)4/h8,10H,6-7,14H2,1-5H3/t10-/m0/s1. The number of esters is 1. The zero-order valence-corrected chi connectivity index (χ0v) is 11.9. The number of aromatic nitrogens is 2. The van der Waals surface area contributed by atoms with Gasteiger partial charge in [0.15, 0.2) is 0 Å². The molecule has 0 saturated heterocycles. The molecule has 5 heteroatoms. The highest BCUT2D eigenvalue weighted by molar-refractivity contribution is 5.70. The van der Waals surface area contributed by atoms with Gasteiger partial charge in [-0.05, 0) is 6.92 Å². The minimum absolute atomic E-state index is 0.0944. The lowest BCUT2D eigenvalue weighted by molar-refractivity contribution is -0.143. The Bertz CT molecular complexity index is 418. The van der Waals surface area contributed by atoms with Crippen molar-refractivity contribution in [3.05, 3.63) is 17.5 Å². The topological polar surface area (TPSA) is 70.1 Å². The van der Waals surface area contributed by atoms with Crippen LogP contribution in [0.1, 0.15) is 51.4 Å². The average molecular weight is 253 g/mol. The summed E-state index contributed by atoms with van der Waals surface area (Å²) in [6.07, 6.45) is 2.06. The highest BCUT2D eigenvalue weighted by Gasteiger charge is 2.26. The molecule has 0 unspecified atom stereocenters. The molecule has 1 atom stereocenters. The van der Waals surface area contributed by atoms with Crippen LogP contribution in [0.15, 0.2) is 6.20 Å². The molecule has 102 valence electrons. The van der Waals surface area contributed by atoms with Gasteiger partial charge in [-0.2, -0.15) is 5.10 Å². The summed E-state index contributed by atoms with van der Waals surface area (Å²) in [4.78, 5) is 11.5.